The standard InChI is InChI=1S/C18H20Cl2N2O/c1-21(2)10-11-22(15-6-4-3-5-7-15)18(23)13-14-8-9-16(19)17(20)12-14/h3-9,12H,10-11,13H2,1-2H3. The predicted octanol–water partition coefficient (Wildman–Crippen LogP) is 4.13. The van der Waals surface area contributed by atoms with E-state index in [0.29, 0.717) is 23.0 Å². The molecule has 0 aliphatic rings. The molecule has 0 N–H and O–H groups in total. The Morgan fingerprint density at radius 2 is 1.65 bits per heavy atom. The predicted molar refractivity (Wildman–Crippen MR) is 97.5 cm³/mol. The van der Waals surface area contributed by atoms with Crippen LogP contribution in [0.1, 0.15) is 5.56 Å². The molecule has 0 fully saturated rings. The largest absolute Gasteiger partial charge is 0.311 e. The fraction of sp³-hybridized carbons (Fsp3) is 0.278. The summed E-state index contributed by atoms with van der Waals surface area (Å²) < 4.78 is 0. The van der Waals surface area contributed by atoms with Crippen molar-refractivity contribution in [3.63, 3.8) is 0 Å². The van der Waals surface area contributed by atoms with Gasteiger partial charge in [-0.25, -0.2) is 0 Å². The molecular weight excluding hydrogens is 331 g/mol. The first-order valence-electron chi connectivity index (χ1n) is 7.41. The van der Waals surface area contributed by atoms with Gasteiger partial charge in [-0.3, -0.25) is 4.79 Å². The fourth-order valence-electron chi connectivity index (χ4n) is 2.23. The van der Waals surface area contributed by atoms with Gasteiger partial charge in [0, 0.05) is 18.8 Å². The highest BCUT2D eigenvalue weighted by Gasteiger charge is 2.16. The number of nitrogens with zero attached hydrogens (tertiary/aromatic N) is 2. The maximum Gasteiger partial charge on any atom is 0.231 e. The Balaban J connectivity index is 2.17. The van der Waals surface area contributed by atoms with Crippen molar-refractivity contribution in [2.24, 2.45) is 0 Å². The van der Waals surface area contributed by atoms with Crippen LogP contribution < -0.4 is 4.90 Å². The minimum absolute atomic E-state index is 0.0384. The monoisotopic (exact) mass is 350 g/mol. The van der Waals surface area contributed by atoms with Crippen LogP contribution in [0.15, 0.2) is 48.5 Å². The van der Waals surface area contributed by atoms with E-state index >= 15 is 0 Å². The van der Waals surface area contributed by atoms with Crippen LogP contribution in [0.5, 0.6) is 0 Å². The lowest BCUT2D eigenvalue weighted by Gasteiger charge is -2.24. The third kappa shape index (κ3) is 5.24. The van der Waals surface area contributed by atoms with E-state index in [9.17, 15) is 4.79 Å². The molecule has 0 atom stereocenters. The van der Waals surface area contributed by atoms with Crippen molar-refractivity contribution in [1.29, 1.82) is 0 Å². The number of hydrogen-bond acceptors (Lipinski definition) is 2. The molecule has 0 heterocycles. The molecule has 0 radical (unpaired) electrons. The lowest BCUT2D eigenvalue weighted by molar-refractivity contribution is -0.118. The van der Waals surface area contributed by atoms with Gasteiger partial charge in [-0.15, -0.1) is 0 Å². The number of anilines is 1. The highest BCUT2D eigenvalue weighted by Crippen LogP contribution is 2.23. The van der Waals surface area contributed by atoms with Gasteiger partial charge in [-0.1, -0.05) is 47.5 Å². The summed E-state index contributed by atoms with van der Waals surface area (Å²) in [6, 6.07) is 15.0. The summed E-state index contributed by atoms with van der Waals surface area (Å²) in [4.78, 5) is 16.6. The third-order valence-corrected chi connectivity index (χ3v) is 4.22. The number of rotatable bonds is 6. The van der Waals surface area contributed by atoms with Crippen molar-refractivity contribution >= 4 is 34.8 Å². The molecule has 0 aromatic heterocycles. The van der Waals surface area contributed by atoms with Gasteiger partial charge in [0.25, 0.3) is 0 Å². The van der Waals surface area contributed by atoms with E-state index in [1.165, 1.54) is 0 Å². The van der Waals surface area contributed by atoms with Crippen LogP contribution in [-0.4, -0.2) is 38.0 Å². The number of benzene rings is 2. The Morgan fingerprint density at radius 1 is 0.957 bits per heavy atom. The van der Waals surface area contributed by atoms with Crippen LogP contribution in [0.3, 0.4) is 0 Å². The van der Waals surface area contributed by atoms with E-state index in [-0.39, 0.29) is 5.91 Å². The van der Waals surface area contributed by atoms with Gasteiger partial charge >= 0.3 is 0 Å². The van der Waals surface area contributed by atoms with E-state index in [1.807, 2.05) is 55.4 Å². The molecule has 23 heavy (non-hydrogen) atoms. The van der Waals surface area contributed by atoms with Crippen LogP contribution in [-0.2, 0) is 11.2 Å². The molecule has 122 valence electrons. The van der Waals surface area contributed by atoms with Crippen molar-refractivity contribution in [2.75, 3.05) is 32.1 Å². The molecule has 0 aliphatic carbocycles. The minimum atomic E-state index is 0.0384. The van der Waals surface area contributed by atoms with Gasteiger partial charge in [0.1, 0.15) is 0 Å². The normalized spacial score (nSPS) is 10.8. The summed E-state index contributed by atoms with van der Waals surface area (Å²) in [5.74, 6) is 0.0384. The smallest absolute Gasteiger partial charge is 0.231 e. The van der Waals surface area contributed by atoms with E-state index in [0.717, 1.165) is 17.8 Å². The quantitative estimate of drug-likeness (QED) is 0.781. The number of likely N-dealkylation sites (N-methyl/N-ethyl adjacent to an activating group) is 1. The van der Waals surface area contributed by atoms with Crippen LogP contribution >= 0.6 is 23.2 Å². The van der Waals surface area contributed by atoms with E-state index in [4.69, 9.17) is 23.2 Å². The molecular formula is C18H20Cl2N2O. The summed E-state index contributed by atoms with van der Waals surface area (Å²) in [5.41, 5.74) is 1.76. The second kappa shape index (κ2) is 8.34. The van der Waals surface area contributed by atoms with Crippen LogP contribution in [0.25, 0.3) is 0 Å². The zero-order valence-corrected chi connectivity index (χ0v) is 14.8. The molecule has 2 aromatic rings. The Bertz CT molecular complexity index is 659. The zero-order valence-electron chi connectivity index (χ0n) is 13.3. The number of hydrogen-bond donors (Lipinski definition) is 0. The molecule has 2 rings (SSSR count). The maximum absolute atomic E-state index is 12.8. The summed E-state index contributed by atoms with van der Waals surface area (Å²) in [6.45, 7) is 1.43. The average Bonchev–Trinajstić information content (AvgIpc) is 2.52. The Morgan fingerprint density at radius 3 is 2.26 bits per heavy atom. The van der Waals surface area contributed by atoms with Gasteiger partial charge in [0.05, 0.1) is 16.5 Å². The van der Waals surface area contributed by atoms with E-state index < -0.39 is 0 Å². The molecule has 1 amide bonds. The SMILES string of the molecule is CN(C)CCN(C(=O)Cc1ccc(Cl)c(Cl)c1)c1ccccc1. The topological polar surface area (TPSA) is 23.6 Å². The summed E-state index contributed by atoms with van der Waals surface area (Å²) in [7, 11) is 3.99. The van der Waals surface area contributed by atoms with Crippen molar-refractivity contribution in [3.05, 3.63) is 64.1 Å². The molecule has 0 aliphatic heterocycles. The van der Waals surface area contributed by atoms with Crippen LogP contribution in [0.2, 0.25) is 10.0 Å². The number of carbonyl (C=O) groups excluding carboxylic acids is 1. The molecule has 0 saturated heterocycles. The molecule has 5 heteroatoms. The van der Waals surface area contributed by atoms with Gasteiger partial charge < -0.3 is 9.80 Å². The second-order valence-corrected chi connectivity index (χ2v) is 6.42. The molecule has 0 bridgehead atoms. The van der Waals surface area contributed by atoms with Gasteiger partial charge in [-0.05, 0) is 43.9 Å². The third-order valence-electron chi connectivity index (χ3n) is 3.48. The Labute approximate surface area is 147 Å². The van der Waals surface area contributed by atoms with Gasteiger partial charge in [0.15, 0.2) is 0 Å². The molecule has 0 spiro atoms. The Hall–Kier alpha value is -1.55. The lowest BCUT2D eigenvalue weighted by atomic mass is 10.1. The first kappa shape index (κ1) is 17.8. The van der Waals surface area contributed by atoms with Crippen molar-refractivity contribution < 1.29 is 4.79 Å². The first-order chi connectivity index (χ1) is 11.0. The van der Waals surface area contributed by atoms with Crippen LogP contribution in [0.4, 0.5) is 5.69 Å². The number of amides is 1. The fourth-order valence-corrected chi connectivity index (χ4v) is 2.55. The lowest BCUT2D eigenvalue weighted by Crippen LogP contribution is -2.37. The average molecular weight is 351 g/mol. The summed E-state index contributed by atoms with van der Waals surface area (Å²) >= 11 is 12.0. The Kier molecular flexibility index (Phi) is 6.46. The second-order valence-electron chi connectivity index (χ2n) is 5.61. The van der Waals surface area contributed by atoms with Gasteiger partial charge in [-0.2, -0.15) is 0 Å². The highest BCUT2D eigenvalue weighted by molar-refractivity contribution is 6.42. The maximum atomic E-state index is 12.8. The molecule has 0 saturated carbocycles. The first-order valence-corrected chi connectivity index (χ1v) is 8.17. The highest BCUT2D eigenvalue weighted by atomic mass is 35.5. The van der Waals surface area contributed by atoms with E-state index in [2.05, 4.69) is 4.90 Å². The van der Waals surface area contributed by atoms with Crippen molar-refractivity contribution in [2.45, 2.75) is 6.42 Å². The number of para-hydroxylation sites is 1. The van der Waals surface area contributed by atoms with Crippen LogP contribution in [0, 0.1) is 0 Å². The summed E-state index contributed by atoms with van der Waals surface area (Å²) in [5, 5.41) is 0.965. The zero-order chi connectivity index (χ0) is 16.8. The number of carbonyl (C=O) groups is 1. The van der Waals surface area contributed by atoms with E-state index in [1.54, 1.807) is 12.1 Å². The molecule has 0 unspecified atom stereocenters. The van der Waals surface area contributed by atoms with Crippen molar-refractivity contribution in [3.8, 4) is 0 Å². The van der Waals surface area contributed by atoms with Gasteiger partial charge in [0.2, 0.25) is 5.91 Å². The molecule has 2 aromatic carbocycles. The number of halogens is 2. The summed E-state index contributed by atoms with van der Waals surface area (Å²) in [6.07, 6.45) is 0.291. The van der Waals surface area contributed by atoms with Crippen molar-refractivity contribution in [1.82, 2.24) is 4.90 Å². The molecule has 3 nitrogen and oxygen atoms in total. The minimum Gasteiger partial charge on any atom is -0.311 e.